The Kier molecular flexibility index (Phi) is 6.00. The molecule has 0 spiro atoms. The molecule has 0 bridgehead atoms. The van der Waals surface area contributed by atoms with Gasteiger partial charge >= 0.3 is 0 Å². The van der Waals surface area contributed by atoms with Crippen LogP contribution < -0.4 is 5.32 Å². The summed E-state index contributed by atoms with van der Waals surface area (Å²) in [4.78, 5) is 26.7. The largest absolute Gasteiger partial charge is 0.379 e. The summed E-state index contributed by atoms with van der Waals surface area (Å²) in [6.45, 7) is 9.73. The van der Waals surface area contributed by atoms with Crippen LogP contribution in [-0.4, -0.2) is 78.2 Å². The fourth-order valence-electron chi connectivity index (χ4n) is 4.35. The van der Waals surface area contributed by atoms with Crippen LogP contribution in [0, 0.1) is 5.92 Å². The molecule has 27 heavy (non-hydrogen) atoms. The predicted octanol–water partition coefficient (Wildman–Crippen LogP) is 0.797. The number of amides is 1. The maximum absolute atomic E-state index is 12.9. The van der Waals surface area contributed by atoms with E-state index < -0.39 is 0 Å². The van der Waals surface area contributed by atoms with E-state index in [1.807, 2.05) is 18.0 Å². The molecule has 1 N–H and O–H groups in total. The zero-order chi connectivity index (χ0) is 18.6. The molecule has 3 aliphatic heterocycles. The van der Waals surface area contributed by atoms with Crippen molar-refractivity contribution < 1.29 is 9.53 Å². The van der Waals surface area contributed by atoms with E-state index in [1.54, 1.807) is 0 Å². The Bertz CT molecular complexity index is 656. The molecule has 1 aromatic rings. The summed E-state index contributed by atoms with van der Waals surface area (Å²) in [6, 6.07) is 0. The molecule has 1 amide bonds. The van der Waals surface area contributed by atoms with Crippen molar-refractivity contribution in [2.45, 2.75) is 38.6 Å². The molecule has 2 fully saturated rings. The minimum absolute atomic E-state index is 0.0122. The van der Waals surface area contributed by atoms with Crippen LogP contribution in [0.5, 0.6) is 0 Å². The molecule has 1 aromatic heterocycles. The van der Waals surface area contributed by atoms with Crippen LogP contribution in [0.1, 0.15) is 42.8 Å². The number of morpholine rings is 1. The Morgan fingerprint density at radius 3 is 3.00 bits per heavy atom. The van der Waals surface area contributed by atoms with Gasteiger partial charge in [-0.05, 0) is 19.4 Å². The van der Waals surface area contributed by atoms with Crippen molar-refractivity contribution in [1.82, 2.24) is 25.1 Å². The fraction of sp³-hybridized carbons (Fsp3) is 0.750. The molecule has 4 rings (SSSR count). The molecule has 0 saturated carbocycles. The maximum Gasteiger partial charge on any atom is 0.227 e. The highest BCUT2D eigenvalue weighted by Gasteiger charge is 2.28. The first-order chi connectivity index (χ1) is 13.2. The van der Waals surface area contributed by atoms with E-state index in [4.69, 9.17) is 9.72 Å². The van der Waals surface area contributed by atoms with Crippen molar-refractivity contribution >= 4 is 5.91 Å². The summed E-state index contributed by atoms with van der Waals surface area (Å²) >= 11 is 0. The first-order valence-electron chi connectivity index (χ1n) is 10.3. The van der Waals surface area contributed by atoms with Gasteiger partial charge in [-0.1, -0.05) is 6.92 Å². The highest BCUT2D eigenvalue weighted by atomic mass is 16.5. The average Bonchev–Trinajstić information content (AvgIpc) is 2.74. The monoisotopic (exact) mass is 373 g/mol. The molecule has 0 aromatic carbocycles. The van der Waals surface area contributed by atoms with E-state index in [-0.39, 0.29) is 11.8 Å². The number of nitrogens with one attached hydrogen (secondary N) is 1. The van der Waals surface area contributed by atoms with Crippen LogP contribution in [0.25, 0.3) is 0 Å². The molecule has 148 valence electrons. The Labute approximate surface area is 161 Å². The number of hydrogen-bond donors (Lipinski definition) is 1. The summed E-state index contributed by atoms with van der Waals surface area (Å²) in [6.07, 6.45) is 5.14. The van der Waals surface area contributed by atoms with E-state index in [2.05, 4.69) is 15.2 Å². The van der Waals surface area contributed by atoms with Crippen molar-refractivity contribution in [3.63, 3.8) is 0 Å². The van der Waals surface area contributed by atoms with Crippen molar-refractivity contribution in [2.24, 2.45) is 5.92 Å². The van der Waals surface area contributed by atoms with Gasteiger partial charge in [0.05, 0.1) is 18.9 Å². The minimum atomic E-state index is 0.0122. The maximum atomic E-state index is 12.9. The van der Waals surface area contributed by atoms with Gasteiger partial charge in [0.1, 0.15) is 5.82 Å². The fourth-order valence-corrected chi connectivity index (χ4v) is 4.35. The number of carbonyl (C=O) groups is 1. The lowest BCUT2D eigenvalue weighted by atomic mass is 9.98. The van der Waals surface area contributed by atoms with Gasteiger partial charge in [0, 0.05) is 69.3 Å². The van der Waals surface area contributed by atoms with Gasteiger partial charge in [0.25, 0.3) is 0 Å². The highest BCUT2D eigenvalue weighted by Crippen LogP contribution is 2.24. The minimum Gasteiger partial charge on any atom is -0.379 e. The van der Waals surface area contributed by atoms with Crippen LogP contribution in [0.3, 0.4) is 0 Å². The van der Waals surface area contributed by atoms with Gasteiger partial charge in [-0.15, -0.1) is 0 Å². The van der Waals surface area contributed by atoms with Crippen molar-refractivity contribution in [3.05, 3.63) is 23.3 Å². The Morgan fingerprint density at radius 1 is 1.37 bits per heavy atom. The van der Waals surface area contributed by atoms with Crippen LogP contribution in [0.4, 0.5) is 0 Å². The third-order valence-electron chi connectivity index (χ3n) is 5.98. The lowest BCUT2D eigenvalue weighted by molar-refractivity contribution is -0.137. The number of ether oxygens (including phenoxy) is 1. The van der Waals surface area contributed by atoms with Crippen LogP contribution in [-0.2, 0) is 22.5 Å². The van der Waals surface area contributed by atoms with Gasteiger partial charge in [-0.3, -0.25) is 9.69 Å². The summed E-state index contributed by atoms with van der Waals surface area (Å²) in [7, 11) is 0. The molecule has 2 saturated heterocycles. The number of hydrogen-bond acceptors (Lipinski definition) is 6. The van der Waals surface area contributed by atoms with Crippen LogP contribution in [0.15, 0.2) is 6.20 Å². The molecule has 2 atom stereocenters. The quantitative estimate of drug-likeness (QED) is 0.842. The number of aromatic nitrogens is 2. The lowest BCUT2D eigenvalue weighted by Gasteiger charge is -2.33. The third-order valence-corrected chi connectivity index (χ3v) is 5.98. The van der Waals surface area contributed by atoms with Crippen LogP contribution >= 0.6 is 0 Å². The standard InChI is InChI=1S/C20H31N5O2/c1-15(13-24-7-9-27-10-8-24)20(26)25-6-4-18-17(14-25)12-22-19(23-18)16-3-2-5-21-11-16/h12,15-16,21H,2-11,13-14H2,1H3/t15-,16+/m1/s1. The second kappa shape index (κ2) is 8.63. The second-order valence-electron chi connectivity index (χ2n) is 8.07. The summed E-state index contributed by atoms with van der Waals surface area (Å²) in [5.41, 5.74) is 2.25. The van der Waals surface area contributed by atoms with Gasteiger partial charge in [-0.2, -0.15) is 0 Å². The van der Waals surface area contributed by atoms with Gasteiger partial charge in [0.15, 0.2) is 0 Å². The number of nitrogens with zero attached hydrogens (tertiary/aromatic N) is 4. The number of carbonyl (C=O) groups excluding carboxylic acids is 1. The zero-order valence-corrected chi connectivity index (χ0v) is 16.3. The normalized spacial score (nSPS) is 25.1. The highest BCUT2D eigenvalue weighted by molar-refractivity contribution is 5.79. The predicted molar refractivity (Wildman–Crippen MR) is 102 cm³/mol. The molecule has 0 unspecified atom stereocenters. The van der Waals surface area contributed by atoms with E-state index in [0.29, 0.717) is 12.5 Å². The molecular formula is C20H31N5O2. The van der Waals surface area contributed by atoms with E-state index in [0.717, 1.165) is 82.4 Å². The first-order valence-corrected chi connectivity index (χ1v) is 10.3. The van der Waals surface area contributed by atoms with Gasteiger partial charge in [0.2, 0.25) is 5.91 Å². The zero-order valence-electron chi connectivity index (χ0n) is 16.3. The Hall–Kier alpha value is -1.57. The SMILES string of the molecule is C[C@H](CN1CCOCC1)C(=O)N1CCc2nc([C@H]3CCCNC3)ncc2C1. The first kappa shape index (κ1) is 18.8. The van der Waals surface area contributed by atoms with Gasteiger partial charge in [-0.25, -0.2) is 9.97 Å². The smallest absolute Gasteiger partial charge is 0.227 e. The second-order valence-corrected chi connectivity index (χ2v) is 8.07. The van der Waals surface area contributed by atoms with Gasteiger partial charge < -0.3 is 15.0 Å². The molecule has 0 aliphatic carbocycles. The summed E-state index contributed by atoms with van der Waals surface area (Å²) in [5.74, 6) is 1.66. The van der Waals surface area contributed by atoms with E-state index in [1.165, 1.54) is 6.42 Å². The summed E-state index contributed by atoms with van der Waals surface area (Å²) < 4.78 is 5.40. The topological polar surface area (TPSA) is 70.6 Å². The molecule has 7 heteroatoms. The average molecular weight is 374 g/mol. The molecule has 7 nitrogen and oxygen atoms in total. The Balaban J connectivity index is 1.36. The number of rotatable bonds is 4. The van der Waals surface area contributed by atoms with Crippen LogP contribution in [0.2, 0.25) is 0 Å². The summed E-state index contributed by atoms with van der Waals surface area (Å²) in [5, 5.41) is 3.44. The molecule has 3 aliphatic rings. The van der Waals surface area contributed by atoms with Crippen molar-refractivity contribution in [3.8, 4) is 0 Å². The third kappa shape index (κ3) is 4.47. The molecule has 4 heterocycles. The number of fused-ring (bicyclic) bond motifs is 1. The van der Waals surface area contributed by atoms with E-state index in [9.17, 15) is 4.79 Å². The van der Waals surface area contributed by atoms with Crippen molar-refractivity contribution in [2.75, 3.05) is 52.5 Å². The van der Waals surface area contributed by atoms with Crippen molar-refractivity contribution in [1.29, 1.82) is 0 Å². The molecular weight excluding hydrogens is 342 g/mol. The lowest BCUT2D eigenvalue weighted by Crippen LogP contribution is -2.45. The van der Waals surface area contributed by atoms with E-state index >= 15 is 0 Å². The Morgan fingerprint density at radius 2 is 2.22 bits per heavy atom. The number of piperidine rings is 1. The molecule has 0 radical (unpaired) electrons.